The molecule has 1 aliphatic rings. The number of fused-ring (bicyclic) bond motifs is 1. The Hall–Kier alpha value is -3.82. The Bertz CT molecular complexity index is 1320. The van der Waals surface area contributed by atoms with Crippen molar-refractivity contribution in [1.82, 2.24) is 24.8 Å². The molecule has 4 heterocycles. The van der Waals surface area contributed by atoms with Crippen LogP contribution in [0, 0.1) is 0 Å². The Kier molecular flexibility index (Phi) is 6.97. The number of nitrogens with one attached hydrogen (secondary N) is 2. The van der Waals surface area contributed by atoms with E-state index < -0.39 is 0 Å². The molecule has 1 fully saturated rings. The zero-order valence-electron chi connectivity index (χ0n) is 19.7. The van der Waals surface area contributed by atoms with Gasteiger partial charge in [-0.1, -0.05) is 0 Å². The molecule has 35 heavy (non-hydrogen) atoms. The first-order valence-corrected chi connectivity index (χ1v) is 11.7. The number of ether oxygens (including phenoxy) is 2. The first-order chi connectivity index (χ1) is 17.2. The molecule has 1 aromatic carbocycles. The summed E-state index contributed by atoms with van der Waals surface area (Å²) in [4.78, 5) is 31.6. The Morgan fingerprint density at radius 2 is 1.94 bits per heavy atom. The second kappa shape index (κ2) is 10.6. The summed E-state index contributed by atoms with van der Waals surface area (Å²) in [6.07, 6.45) is 4.74. The summed E-state index contributed by atoms with van der Waals surface area (Å²) in [5, 5.41) is 4.20. The van der Waals surface area contributed by atoms with Crippen molar-refractivity contribution in [3.63, 3.8) is 0 Å². The maximum Gasteiger partial charge on any atom is 0.227 e. The molecule has 4 aromatic rings. The molecule has 0 aliphatic carbocycles. The third kappa shape index (κ3) is 5.64. The van der Waals surface area contributed by atoms with Gasteiger partial charge in [0.15, 0.2) is 5.78 Å². The molecule has 1 saturated heterocycles. The molecule has 0 atom stereocenters. The Morgan fingerprint density at radius 3 is 2.80 bits per heavy atom. The van der Waals surface area contributed by atoms with Crippen LogP contribution in [0.2, 0.25) is 0 Å². The van der Waals surface area contributed by atoms with Crippen molar-refractivity contribution in [2.45, 2.75) is 12.8 Å². The monoisotopic (exact) mass is 472 g/mol. The summed E-state index contributed by atoms with van der Waals surface area (Å²) in [6.45, 7) is 4.37. The fourth-order valence-electron chi connectivity index (χ4n) is 4.15. The van der Waals surface area contributed by atoms with Gasteiger partial charge in [0.05, 0.1) is 37.4 Å². The van der Waals surface area contributed by atoms with Crippen LogP contribution in [0.4, 0.5) is 11.6 Å². The maximum atomic E-state index is 12.7. The summed E-state index contributed by atoms with van der Waals surface area (Å²) < 4.78 is 10.7. The van der Waals surface area contributed by atoms with Gasteiger partial charge in [-0.3, -0.25) is 14.7 Å². The van der Waals surface area contributed by atoms with Crippen molar-refractivity contribution in [2.24, 2.45) is 0 Å². The number of carbonyl (C=O) groups excluding carboxylic acids is 1. The molecule has 0 spiro atoms. The van der Waals surface area contributed by atoms with Crippen molar-refractivity contribution in [1.29, 1.82) is 0 Å². The van der Waals surface area contributed by atoms with Crippen LogP contribution in [0.1, 0.15) is 23.3 Å². The molecule has 5 rings (SSSR count). The van der Waals surface area contributed by atoms with Gasteiger partial charge in [0.25, 0.3) is 0 Å². The van der Waals surface area contributed by atoms with Crippen molar-refractivity contribution in [3.05, 3.63) is 60.6 Å². The number of aromatic amines is 1. The molecule has 0 radical (unpaired) electrons. The molecule has 0 amide bonds. The van der Waals surface area contributed by atoms with Gasteiger partial charge in [-0.2, -0.15) is 0 Å². The van der Waals surface area contributed by atoms with E-state index in [1.807, 2.05) is 30.3 Å². The van der Waals surface area contributed by atoms with E-state index in [-0.39, 0.29) is 5.78 Å². The Labute approximate surface area is 203 Å². The minimum absolute atomic E-state index is 0.130. The van der Waals surface area contributed by atoms with Gasteiger partial charge in [-0.05, 0) is 49.4 Å². The molecule has 180 valence electrons. The van der Waals surface area contributed by atoms with E-state index in [1.165, 1.54) is 0 Å². The smallest absolute Gasteiger partial charge is 0.227 e. The summed E-state index contributed by atoms with van der Waals surface area (Å²) >= 11 is 0. The van der Waals surface area contributed by atoms with Gasteiger partial charge in [0.1, 0.15) is 5.75 Å². The Balaban J connectivity index is 1.25. The highest BCUT2D eigenvalue weighted by atomic mass is 16.5. The number of nitrogens with zero attached hydrogens (tertiary/aromatic N) is 4. The molecular formula is C26H28N6O3. The van der Waals surface area contributed by atoms with Gasteiger partial charge in [0, 0.05) is 54.6 Å². The fourth-order valence-corrected chi connectivity index (χ4v) is 4.15. The van der Waals surface area contributed by atoms with Gasteiger partial charge in [0.2, 0.25) is 5.95 Å². The number of aromatic nitrogens is 4. The lowest BCUT2D eigenvalue weighted by Crippen LogP contribution is -2.36. The van der Waals surface area contributed by atoms with Crippen LogP contribution in [0.3, 0.4) is 0 Å². The summed E-state index contributed by atoms with van der Waals surface area (Å²) in [6, 6.07) is 13.2. The van der Waals surface area contributed by atoms with Crippen molar-refractivity contribution < 1.29 is 14.3 Å². The van der Waals surface area contributed by atoms with Crippen LogP contribution in [-0.2, 0) is 4.74 Å². The van der Waals surface area contributed by atoms with Crippen molar-refractivity contribution in [2.75, 3.05) is 45.3 Å². The van der Waals surface area contributed by atoms with E-state index in [0.29, 0.717) is 35.2 Å². The number of rotatable bonds is 9. The molecule has 3 aromatic heterocycles. The molecule has 1 aliphatic heterocycles. The van der Waals surface area contributed by atoms with Crippen molar-refractivity contribution in [3.8, 4) is 17.1 Å². The zero-order valence-corrected chi connectivity index (χ0v) is 19.7. The van der Waals surface area contributed by atoms with Gasteiger partial charge >= 0.3 is 0 Å². The second-order valence-electron chi connectivity index (χ2n) is 8.44. The van der Waals surface area contributed by atoms with E-state index in [4.69, 9.17) is 9.47 Å². The zero-order chi connectivity index (χ0) is 24.0. The minimum atomic E-state index is 0.130. The topological polar surface area (TPSA) is 105 Å². The fraction of sp³-hybridized carbons (Fsp3) is 0.308. The standard InChI is InChI=1S/C26H28N6O3/c1-34-20-6-8-27-23(17-20)22-7-9-28-26(31-22)29-19-4-5-21-18(15-19)16-24(30-21)25(33)3-2-10-32-11-13-35-14-12-32/h4-9,15-17,30H,2-3,10-14H2,1H3,(H,28,29,31). The number of hydrogen-bond acceptors (Lipinski definition) is 8. The summed E-state index contributed by atoms with van der Waals surface area (Å²) in [5.74, 6) is 1.31. The van der Waals surface area contributed by atoms with Gasteiger partial charge in [-0.15, -0.1) is 0 Å². The predicted octanol–water partition coefficient (Wildman–Crippen LogP) is 4.07. The number of carbonyl (C=O) groups is 1. The molecule has 0 unspecified atom stereocenters. The highest BCUT2D eigenvalue weighted by Crippen LogP contribution is 2.24. The summed E-state index contributed by atoms with van der Waals surface area (Å²) in [7, 11) is 1.62. The van der Waals surface area contributed by atoms with E-state index in [9.17, 15) is 4.79 Å². The van der Waals surface area contributed by atoms with Crippen LogP contribution >= 0.6 is 0 Å². The van der Waals surface area contributed by atoms with E-state index >= 15 is 0 Å². The number of anilines is 2. The normalized spacial score (nSPS) is 14.2. The van der Waals surface area contributed by atoms with Gasteiger partial charge < -0.3 is 19.8 Å². The van der Waals surface area contributed by atoms with E-state index in [0.717, 1.165) is 55.9 Å². The predicted molar refractivity (Wildman–Crippen MR) is 134 cm³/mol. The highest BCUT2D eigenvalue weighted by molar-refractivity contribution is 6.00. The molecule has 0 bridgehead atoms. The van der Waals surface area contributed by atoms with Crippen molar-refractivity contribution >= 4 is 28.3 Å². The van der Waals surface area contributed by atoms with E-state index in [2.05, 4.69) is 30.2 Å². The van der Waals surface area contributed by atoms with Crippen LogP contribution in [0.15, 0.2) is 54.9 Å². The highest BCUT2D eigenvalue weighted by Gasteiger charge is 2.14. The average molecular weight is 473 g/mol. The largest absolute Gasteiger partial charge is 0.497 e. The molecule has 9 nitrogen and oxygen atoms in total. The third-order valence-electron chi connectivity index (χ3n) is 6.04. The lowest BCUT2D eigenvalue weighted by molar-refractivity contribution is 0.0371. The SMILES string of the molecule is COc1ccnc(-c2ccnc(Nc3ccc4[nH]c(C(=O)CCCN5CCOCC5)cc4c3)n2)c1. The number of H-pyrrole nitrogens is 1. The molecule has 2 N–H and O–H groups in total. The Morgan fingerprint density at radius 1 is 1.09 bits per heavy atom. The van der Waals surface area contributed by atoms with Crippen LogP contribution < -0.4 is 10.1 Å². The lowest BCUT2D eigenvalue weighted by Gasteiger charge is -2.26. The lowest BCUT2D eigenvalue weighted by atomic mass is 10.1. The quantitative estimate of drug-likeness (QED) is 0.351. The molecule has 9 heteroatoms. The van der Waals surface area contributed by atoms with E-state index in [1.54, 1.807) is 31.6 Å². The van der Waals surface area contributed by atoms with Crippen LogP contribution in [0.25, 0.3) is 22.3 Å². The first kappa shape index (κ1) is 22.9. The average Bonchev–Trinajstić information content (AvgIpc) is 3.33. The second-order valence-corrected chi connectivity index (χ2v) is 8.44. The number of hydrogen-bond donors (Lipinski definition) is 2. The summed E-state index contributed by atoms with van der Waals surface area (Å²) in [5.41, 5.74) is 3.78. The van der Waals surface area contributed by atoms with Gasteiger partial charge in [-0.25, -0.2) is 9.97 Å². The molecule has 0 saturated carbocycles. The maximum absolute atomic E-state index is 12.7. The van der Waals surface area contributed by atoms with Crippen LogP contribution in [-0.4, -0.2) is 70.6 Å². The number of morpholine rings is 1. The van der Waals surface area contributed by atoms with Crippen LogP contribution in [0.5, 0.6) is 5.75 Å². The number of pyridine rings is 1. The number of Topliss-reactive ketones (excluding diaryl/α,β-unsaturated/α-hetero) is 1. The number of ketones is 1. The number of methoxy groups -OCH3 is 1. The number of benzene rings is 1. The first-order valence-electron chi connectivity index (χ1n) is 11.7. The molecular weight excluding hydrogens is 444 g/mol. The minimum Gasteiger partial charge on any atom is -0.497 e. The third-order valence-corrected chi connectivity index (χ3v) is 6.04.